The van der Waals surface area contributed by atoms with Gasteiger partial charge in [0.2, 0.25) is 0 Å². The van der Waals surface area contributed by atoms with Crippen LogP contribution in [-0.4, -0.2) is 53.1 Å². The highest BCUT2D eigenvalue weighted by Crippen LogP contribution is 2.39. The predicted molar refractivity (Wildman–Crippen MR) is 116 cm³/mol. The van der Waals surface area contributed by atoms with E-state index in [2.05, 4.69) is 27.8 Å². The second-order valence-electron chi connectivity index (χ2n) is 7.96. The van der Waals surface area contributed by atoms with Gasteiger partial charge in [0.05, 0.1) is 12.9 Å². The molecular weight excluding hydrogens is 374 g/mol. The van der Waals surface area contributed by atoms with Gasteiger partial charge in [-0.15, -0.1) is 0 Å². The fourth-order valence-corrected chi connectivity index (χ4v) is 4.67. The number of rotatable bonds is 8. The Labute approximate surface area is 170 Å². The van der Waals surface area contributed by atoms with Crippen molar-refractivity contribution in [1.29, 1.82) is 0 Å². The maximum atomic E-state index is 11.4. The van der Waals surface area contributed by atoms with E-state index in [1.807, 2.05) is 19.1 Å². The topological polar surface area (TPSA) is 79.8 Å². The quantitative estimate of drug-likeness (QED) is 0.510. The third-order valence-corrected chi connectivity index (χ3v) is 6.61. The number of methoxy groups -OCH3 is 1. The molecule has 0 spiro atoms. The average molecular weight is 410 g/mol. The van der Waals surface area contributed by atoms with Crippen LogP contribution in [-0.2, 0) is 15.3 Å². The van der Waals surface area contributed by atoms with Crippen molar-refractivity contribution < 1.29 is 13.2 Å². The van der Waals surface area contributed by atoms with Crippen LogP contribution in [0, 0.1) is 0 Å². The molecule has 0 radical (unpaired) electrons. The zero-order chi connectivity index (χ0) is 20.6. The Kier molecular flexibility index (Phi) is 8.16. The molecule has 1 unspecified atom stereocenters. The number of nitrogens with one attached hydrogen (secondary N) is 2. The molecule has 1 saturated carbocycles. The van der Waals surface area contributed by atoms with Gasteiger partial charge in [-0.3, -0.25) is 4.99 Å². The molecule has 0 amide bonds. The zero-order valence-electron chi connectivity index (χ0n) is 17.6. The maximum Gasteiger partial charge on any atom is 0.191 e. The van der Waals surface area contributed by atoms with Crippen LogP contribution >= 0.6 is 0 Å². The number of benzene rings is 1. The standard InChI is InChI=1S/C21H35N3O3S/c1-17(12-15-28(4,25)26)24-20(22-2)23-16-21(13-6-5-7-14-21)18-8-10-19(27-3)11-9-18/h8-11,17H,5-7,12-16H2,1-4H3,(H2,22,23,24). The van der Waals surface area contributed by atoms with Gasteiger partial charge in [-0.1, -0.05) is 31.4 Å². The fourth-order valence-electron chi connectivity index (χ4n) is 3.88. The second-order valence-corrected chi connectivity index (χ2v) is 10.2. The lowest BCUT2D eigenvalue weighted by Gasteiger charge is -2.38. The molecule has 0 saturated heterocycles. The van der Waals surface area contributed by atoms with Gasteiger partial charge in [0.1, 0.15) is 15.6 Å². The molecule has 28 heavy (non-hydrogen) atoms. The third-order valence-electron chi connectivity index (χ3n) is 5.64. The fraction of sp³-hybridized carbons (Fsp3) is 0.667. The van der Waals surface area contributed by atoms with Gasteiger partial charge < -0.3 is 15.4 Å². The van der Waals surface area contributed by atoms with Crippen LogP contribution in [0.1, 0.15) is 51.0 Å². The number of guanidine groups is 1. The van der Waals surface area contributed by atoms with Crippen LogP contribution in [0.3, 0.4) is 0 Å². The molecule has 2 N–H and O–H groups in total. The van der Waals surface area contributed by atoms with Crippen LogP contribution < -0.4 is 15.4 Å². The highest BCUT2D eigenvalue weighted by molar-refractivity contribution is 7.90. The molecule has 1 aromatic rings. The first-order valence-corrected chi connectivity index (χ1v) is 12.1. The summed E-state index contributed by atoms with van der Waals surface area (Å²) >= 11 is 0. The van der Waals surface area contributed by atoms with Gasteiger partial charge >= 0.3 is 0 Å². The number of hydrogen-bond acceptors (Lipinski definition) is 4. The summed E-state index contributed by atoms with van der Waals surface area (Å²) < 4.78 is 28.1. The summed E-state index contributed by atoms with van der Waals surface area (Å²) in [6.45, 7) is 2.79. The Morgan fingerprint density at radius 1 is 1.21 bits per heavy atom. The highest BCUT2D eigenvalue weighted by Gasteiger charge is 2.34. The lowest BCUT2D eigenvalue weighted by atomic mass is 9.69. The van der Waals surface area contributed by atoms with Gasteiger partial charge in [-0.2, -0.15) is 0 Å². The molecule has 1 aliphatic carbocycles. The van der Waals surface area contributed by atoms with Crippen molar-refractivity contribution in [2.75, 3.05) is 32.7 Å². The Hall–Kier alpha value is -1.76. The number of sulfone groups is 1. The van der Waals surface area contributed by atoms with E-state index in [9.17, 15) is 8.42 Å². The first-order chi connectivity index (χ1) is 13.3. The molecule has 0 aromatic heterocycles. The average Bonchev–Trinajstić information content (AvgIpc) is 2.69. The molecule has 0 aliphatic heterocycles. The Balaban J connectivity index is 2.03. The minimum atomic E-state index is -2.95. The van der Waals surface area contributed by atoms with E-state index in [4.69, 9.17) is 4.74 Å². The molecule has 2 rings (SSSR count). The van der Waals surface area contributed by atoms with Crippen molar-refractivity contribution in [2.45, 2.75) is 56.9 Å². The van der Waals surface area contributed by atoms with Crippen molar-refractivity contribution in [1.82, 2.24) is 10.6 Å². The van der Waals surface area contributed by atoms with E-state index in [-0.39, 0.29) is 17.2 Å². The Morgan fingerprint density at radius 3 is 2.39 bits per heavy atom. The normalized spacial score (nSPS) is 18.4. The summed E-state index contributed by atoms with van der Waals surface area (Å²) in [4.78, 5) is 4.33. The van der Waals surface area contributed by atoms with Crippen LogP contribution in [0.15, 0.2) is 29.3 Å². The van der Waals surface area contributed by atoms with E-state index in [0.717, 1.165) is 31.1 Å². The summed E-state index contributed by atoms with van der Waals surface area (Å²) in [6.07, 6.45) is 7.86. The Bertz CT molecular complexity index is 739. The molecule has 158 valence electrons. The number of nitrogens with zero attached hydrogens (tertiary/aromatic N) is 1. The van der Waals surface area contributed by atoms with Crippen molar-refractivity contribution in [2.24, 2.45) is 4.99 Å². The maximum absolute atomic E-state index is 11.4. The summed E-state index contributed by atoms with van der Waals surface area (Å²) in [7, 11) is 0.484. The first kappa shape index (κ1) is 22.5. The molecule has 1 aromatic carbocycles. The second kappa shape index (κ2) is 10.1. The largest absolute Gasteiger partial charge is 0.497 e. The Morgan fingerprint density at radius 2 is 1.86 bits per heavy atom. The molecule has 1 aliphatic rings. The van der Waals surface area contributed by atoms with Crippen LogP contribution in [0.4, 0.5) is 0 Å². The third kappa shape index (κ3) is 6.69. The SMILES string of the molecule is CN=C(NCC1(c2ccc(OC)cc2)CCCCC1)NC(C)CCS(C)(=O)=O. The van der Waals surface area contributed by atoms with E-state index < -0.39 is 9.84 Å². The van der Waals surface area contributed by atoms with Gasteiger partial charge in [0, 0.05) is 31.3 Å². The lowest BCUT2D eigenvalue weighted by Crippen LogP contribution is -2.48. The van der Waals surface area contributed by atoms with E-state index >= 15 is 0 Å². The van der Waals surface area contributed by atoms with E-state index in [0.29, 0.717) is 6.42 Å². The van der Waals surface area contributed by atoms with Crippen molar-refractivity contribution >= 4 is 15.8 Å². The smallest absolute Gasteiger partial charge is 0.191 e. The molecular formula is C21H35N3O3S. The number of aliphatic imine (C=N–C) groups is 1. The number of ether oxygens (including phenoxy) is 1. The van der Waals surface area contributed by atoms with Gasteiger partial charge in [-0.05, 0) is 43.9 Å². The summed E-state index contributed by atoms with van der Waals surface area (Å²) in [5, 5.41) is 6.81. The minimum absolute atomic E-state index is 0.0317. The van der Waals surface area contributed by atoms with Crippen molar-refractivity contribution in [3.63, 3.8) is 0 Å². The summed E-state index contributed by atoms with van der Waals surface area (Å²) in [5.41, 5.74) is 1.42. The van der Waals surface area contributed by atoms with E-state index in [1.165, 1.54) is 31.1 Å². The first-order valence-electron chi connectivity index (χ1n) is 10.1. The molecule has 1 atom stereocenters. The minimum Gasteiger partial charge on any atom is -0.497 e. The van der Waals surface area contributed by atoms with Crippen LogP contribution in [0.25, 0.3) is 0 Å². The van der Waals surface area contributed by atoms with Crippen LogP contribution in [0.5, 0.6) is 5.75 Å². The van der Waals surface area contributed by atoms with Crippen LogP contribution in [0.2, 0.25) is 0 Å². The van der Waals surface area contributed by atoms with Crippen molar-refractivity contribution in [3.05, 3.63) is 29.8 Å². The van der Waals surface area contributed by atoms with Crippen molar-refractivity contribution in [3.8, 4) is 5.75 Å². The van der Waals surface area contributed by atoms with Gasteiger partial charge in [0.25, 0.3) is 0 Å². The van der Waals surface area contributed by atoms with Gasteiger partial charge in [-0.25, -0.2) is 8.42 Å². The molecule has 1 fully saturated rings. The molecule has 6 nitrogen and oxygen atoms in total. The molecule has 0 bridgehead atoms. The molecule has 0 heterocycles. The monoisotopic (exact) mass is 409 g/mol. The zero-order valence-corrected chi connectivity index (χ0v) is 18.4. The van der Waals surface area contributed by atoms with E-state index in [1.54, 1.807) is 14.2 Å². The molecule has 7 heteroatoms. The summed E-state index contributed by atoms with van der Waals surface area (Å²) in [6, 6.07) is 8.45. The highest BCUT2D eigenvalue weighted by atomic mass is 32.2. The lowest BCUT2D eigenvalue weighted by molar-refractivity contribution is 0.290. The number of hydrogen-bond donors (Lipinski definition) is 2. The predicted octanol–water partition coefficient (Wildman–Crippen LogP) is 2.89. The summed E-state index contributed by atoms with van der Waals surface area (Å²) in [5.74, 6) is 1.77. The van der Waals surface area contributed by atoms with Gasteiger partial charge in [0.15, 0.2) is 5.96 Å².